The van der Waals surface area contributed by atoms with Crippen molar-refractivity contribution in [2.24, 2.45) is 0 Å². The number of rotatable bonds is 9. The molecule has 6 heteroatoms. The second kappa shape index (κ2) is 14.5. The Labute approximate surface area is 232 Å². The summed E-state index contributed by atoms with van der Waals surface area (Å²) in [7, 11) is 0. The number of carbonyl (C=O) groups is 1. The summed E-state index contributed by atoms with van der Waals surface area (Å²) in [6, 6.07) is 25.6. The quantitative estimate of drug-likeness (QED) is 0.159. The number of β-lactam (4-membered cyclic amide) rings is 1. The lowest BCUT2D eigenvalue weighted by atomic mass is 9.91. The molecular formula is C32H33BrFNO3. The van der Waals surface area contributed by atoms with Crippen molar-refractivity contribution >= 4 is 27.5 Å². The van der Waals surface area contributed by atoms with Crippen LogP contribution < -0.4 is 4.90 Å². The Balaban J connectivity index is 0.000000304. The average molecular weight is 579 g/mol. The van der Waals surface area contributed by atoms with Crippen molar-refractivity contribution in [1.82, 2.24) is 0 Å². The third kappa shape index (κ3) is 8.01. The molecule has 3 aromatic carbocycles. The van der Waals surface area contributed by atoms with Crippen molar-refractivity contribution in [2.45, 2.75) is 45.4 Å². The van der Waals surface area contributed by atoms with E-state index in [1.165, 1.54) is 12.1 Å². The van der Waals surface area contributed by atoms with Gasteiger partial charge in [0.2, 0.25) is 5.91 Å². The van der Waals surface area contributed by atoms with Crippen molar-refractivity contribution in [3.8, 4) is 0 Å². The molecule has 1 heterocycles. The molecule has 1 amide bonds. The average Bonchev–Trinajstić information content (AvgIpc) is 2.92. The standard InChI is InChI=1S/C23H22BrNO2.C9H11FO/c1-3-20(21-15-23(26)25(21)19-12-8-5-9-13-19)22(14-17(2)24)27-16-18-10-6-4-7-11-18;1-2-9(11)7-3-5-8(10)6-4-7/h3-14,21H,1,15-16H2,2H3;3-6,9,11H,2H2,1H3/b17-14+,22-20-;. The van der Waals surface area contributed by atoms with Gasteiger partial charge in [-0.25, -0.2) is 4.39 Å². The van der Waals surface area contributed by atoms with E-state index in [0.717, 1.165) is 32.6 Å². The van der Waals surface area contributed by atoms with Gasteiger partial charge in [-0.1, -0.05) is 96.2 Å². The third-order valence-corrected chi connectivity index (χ3v) is 6.28. The summed E-state index contributed by atoms with van der Waals surface area (Å²) in [5, 5.41) is 9.30. The number of carbonyl (C=O) groups excluding carboxylic acids is 1. The molecule has 0 spiro atoms. The van der Waals surface area contributed by atoms with Gasteiger partial charge in [0.25, 0.3) is 0 Å². The van der Waals surface area contributed by atoms with Crippen LogP contribution in [0.5, 0.6) is 0 Å². The highest BCUT2D eigenvalue weighted by Gasteiger charge is 2.40. The number of allylic oxidation sites excluding steroid dienone is 2. The third-order valence-electron chi connectivity index (χ3n) is 6.05. The Hall–Kier alpha value is -3.48. The molecule has 38 heavy (non-hydrogen) atoms. The van der Waals surface area contributed by atoms with Crippen LogP contribution in [-0.2, 0) is 16.1 Å². The minimum Gasteiger partial charge on any atom is -0.489 e. The van der Waals surface area contributed by atoms with Crippen molar-refractivity contribution in [2.75, 3.05) is 4.90 Å². The minimum absolute atomic E-state index is 0.0775. The lowest BCUT2D eigenvalue weighted by molar-refractivity contribution is -0.123. The molecule has 1 saturated heterocycles. The molecule has 4 nitrogen and oxygen atoms in total. The largest absolute Gasteiger partial charge is 0.489 e. The number of para-hydroxylation sites is 1. The maximum atomic E-state index is 12.4. The van der Waals surface area contributed by atoms with Gasteiger partial charge in [-0.05, 0) is 59.3 Å². The zero-order valence-electron chi connectivity index (χ0n) is 21.7. The molecule has 198 valence electrons. The van der Waals surface area contributed by atoms with Crippen LogP contribution in [0.3, 0.4) is 0 Å². The molecule has 0 aromatic heterocycles. The van der Waals surface area contributed by atoms with E-state index in [1.54, 1.807) is 23.1 Å². The summed E-state index contributed by atoms with van der Waals surface area (Å²) in [6.45, 7) is 8.27. The number of aliphatic hydroxyl groups is 1. The van der Waals surface area contributed by atoms with Crippen molar-refractivity contribution < 1.29 is 19.0 Å². The van der Waals surface area contributed by atoms with Crippen LogP contribution in [0, 0.1) is 5.82 Å². The fourth-order valence-electron chi connectivity index (χ4n) is 4.02. The highest BCUT2D eigenvalue weighted by molar-refractivity contribution is 9.11. The number of hydrogen-bond acceptors (Lipinski definition) is 3. The maximum absolute atomic E-state index is 12.4. The van der Waals surface area contributed by atoms with Gasteiger partial charge in [-0.15, -0.1) is 0 Å². The Morgan fingerprint density at radius 2 is 1.71 bits per heavy atom. The smallest absolute Gasteiger partial charge is 0.230 e. The number of hydrogen-bond donors (Lipinski definition) is 1. The van der Waals surface area contributed by atoms with E-state index in [9.17, 15) is 14.3 Å². The van der Waals surface area contributed by atoms with Crippen LogP contribution in [0.25, 0.3) is 0 Å². The van der Waals surface area contributed by atoms with Crippen LogP contribution >= 0.6 is 15.9 Å². The van der Waals surface area contributed by atoms with Crippen LogP contribution in [0.2, 0.25) is 0 Å². The monoisotopic (exact) mass is 577 g/mol. The first-order valence-electron chi connectivity index (χ1n) is 12.5. The second-order valence-corrected chi connectivity index (χ2v) is 10.1. The van der Waals surface area contributed by atoms with Gasteiger partial charge in [-0.2, -0.15) is 0 Å². The Morgan fingerprint density at radius 1 is 1.11 bits per heavy atom. The molecule has 2 unspecified atom stereocenters. The summed E-state index contributed by atoms with van der Waals surface area (Å²) >= 11 is 3.49. The number of anilines is 1. The van der Waals surface area contributed by atoms with E-state index in [2.05, 4.69) is 22.5 Å². The molecule has 3 aromatic rings. The topological polar surface area (TPSA) is 49.8 Å². The molecule has 1 aliphatic heterocycles. The first-order valence-corrected chi connectivity index (χ1v) is 13.3. The van der Waals surface area contributed by atoms with E-state index in [0.29, 0.717) is 19.4 Å². The highest BCUT2D eigenvalue weighted by atomic mass is 79.9. The molecule has 2 atom stereocenters. The van der Waals surface area contributed by atoms with E-state index < -0.39 is 6.10 Å². The SMILES string of the molecule is C=C/C(=C(\C=C(/C)Br)OCc1ccccc1)C1CC(=O)N1c1ccccc1.CCC(O)c1ccc(F)cc1. The van der Waals surface area contributed by atoms with Gasteiger partial charge < -0.3 is 14.7 Å². The Kier molecular flexibility index (Phi) is 11.1. The summed E-state index contributed by atoms with van der Waals surface area (Å²) < 4.78 is 19.5. The van der Waals surface area contributed by atoms with Gasteiger partial charge in [0, 0.05) is 11.3 Å². The number of aliphatic hydroxyl groups excluding tert-OH is 1. The summed E-state index contributed by atoms with van der Waals surface area (Å²) in [5.41, 5.74) is 3.66. The summed E-state index contributed by atoms with van der Waals surface area (Å²) in [4.78, 5) is 14.1. The fraction of sp³-hybridized carbons (Fsp3) is 0.219. The van der Waals surface area contributed by atoms with Crippen LogP contribution in [-0.4, -0.2) is 17.1 Å². The zero-order chi connectivity index (χ0) is 27.5. The molecular weight excluding hydrogens is 545 g/mol. The molecule has 0 bridgehead atoms. The maximum Gasteiger partial charge on any atom is 0.230 e. The van der Waals surface area contributed by atoms with E-state index in [-0.39, 0.29) is 17.8 Å². The number of benzene rings is 3. The Morgan fingerprint density at radius 3 is 2.24 bits per heavy atom. The van der Waals surface area contributed by atoms with Crippen LogP contribution in [0.1, 0.15) is 43.9 Å². The molecule has 0 saturated carbocycles. The summed E-state index contributed by atoms with van der Waals surface area (Å²) in [5.74, 6) is 0.561. The predicted molar refractivity (Wildman–Crippen MR) is 155 cm³/mol. The zero-order valence-corrected chi connectivity index (χ0v) is 23.3. The van der Waals surface area contributed by atoms with Gasteiger partial charge in [-0.3, -0.25) is 4.79 Å². The lowest BCUT2D eigenvalue weighted by Crippen LogP contribution is -2.54. The molecule has 1 fully saturated rings. The predicted octanol–water partition coefficient (Wildman–Crippen LogP) is 8.02. The lowest BCUT2D eigenvalue weighted by Gasteiger charge is -2.41. The first-order chi connectivity index (χ1) is 18.3. The minimum atomic E-state index is -0.462. The molecule has 0 aliphatic carbocycles. The van der Waals surface area contributed by atoms with Crippen LogP contribution in [0.15, 0.2) is 119 Å². The molecule has 1 N–H and O–H groups in total. The van der Waals surface area contributed by atoms with E-state index in [4.69, 9.17) is 4.74 Å². The number of halogens is 2. The van der Waals surface area contributed by atoms with Gasteiger partial charge >= 0.3 is 0 Å². The molecule has 4 rings (SSSR count). The number of ether oxygens (including phenoxy) is 1. The summed E-state index contributed by atoms with van der Waals surface area (Å²) in [6.07, 6.45) is 4.37. The van der Waals surface area contributed by atoms with Crippen LogP contribution in [0.4, 0.5) is 10.1 Å². The van der Waals surface area contributed by atoms with E-state index in [1.807, 2.05) is 80.6 Å². The number of amides is 1. The molecule has 0 radical (unpaired) electrons. The first kappa shape index (κ1) is 29.1. The fourth-order valence-corrected chi connectivity index (χ4v) is 4.23. The van der Waals surface area contributed by atoms with Crippen molar-refractivity contribution in [3.63, 3.8) is 0 Å². The highest BCUT2D eigenvalue weighted by Crippen LogP contribution is 2.34. The van der Waals surface area contributed by atoms with Gasteiger partial charge in [0.15, 0.2) is 0 Å². The second-order valence-electron chi connectivity index (χ2n) is 8.82. The van der Waals surface area contributed by atoms with Crippen molar-refractivity contribution in [1.29, 1.82) is 0 Å². The normalized spacial score (nSPS) is 16.4. The van der Waals surface area contributed by atoms with E-state index >= 15 is 0 Å². The van der Waals surface area contributed by atoms with Crippen molar-refractivity contribution in [3.05, 3.63) is 136 Å². The van der Waals surface area contributed by atoms with Gasteiger partial charge in [0.05, 0.1) is 18.6 Å². The van der Waals surface area contributed by atoms with Gasteiger partial charge in [0.1, 0.15) is 18.2 Å². The molecule has 1 aliphatic rings. The Bertz CT molecular complexity index is 1250. The number of nitrogens with zero attached hydrogens (tertiary/aromatic N) is 1.